The summed E-state index contributed by atoms with van der Waals surface area (Å²) in [5.74, 6) is 0. The van der Waals surface area contributed by atoms with Crippen LogP contribution in [0.1, 0.15) is 74.9 Å². The van der Waals surface area contributed by atoms with Crippen LogP contribution in [0.5, 0.6) is 0 Å². The molecule has 0 fully saturated rings. The topological polar surface area (TPSA) is 32.8 Å². The Morgan fingerprint density at radius 2 is 0.667 bits per heavy atom. The van der Waals surface area contributed by atoms with Gasteiger partial charge in [0.2, 0.25) is 0 Å². The van der Waals surface area contributed by atoms with Crippen molar-refractivity contribution in [3.8, 4) is 22.3 Å². The maximum atomic E-state index is 6.35. The highest BCUT2D eigenvalue weighted by Crippen LogP contribution is 2.66. The van der Waals surface area contributed by atoms with Crippen molar-refractivity contribution >= 4 is 99.5 Å². The van der Waals surface area contributed by atoms with Crippen LogP contribution < -0.4 is 9.80 Å². The number of anilines is 6. The summed E-state index contributed by atoms with van der Waals surface area (Å²) in [5, 5.41) is 9.30. The molecule has 4 nitrogen and oxygen atoms in total. The van der Waals surface area contributed by atoms with Crippen LogP contribution in [0.2, 0.25) is 0 Å². The second kappa shape index (κ2) is 17.2. The third kappa shape index (κ3) is 7.02. The number of hydrogen-bond acceptors (Lipinski definition) is 4. The average molecular weight is 1040 g/mol. The standard InChI is InChI=1S/C77H58N2O2/c1-75(2,3)49-27-37-67-63(43-49)64-44-50(76(4,5)6)28-38-68(64)77(67)73-57-35-29-53(78(51-17-9-7-10-18-51)55-31-39-71-65(45-55)59-21-13-15-23-69(59)80-71)41-47(57)25-33-61(73)62-34-26-48-42-54(30-36-58(48)74(62)77)79(52-19-11-8-12-20-52)56-32-40-72-66(46-56)60-22-14-16-24-70(60)81-72/h7-46H,1-6H3. The lowest BCUT2D eigenvalue weighted by Crippen LogP contribution is -2.27. The summed E-state index contributed by atoms with van der Waals surface area (Å²) in [4.78, 5) is 4.78. The lowest BCUT2D eigenvalue weighted by atomic mass is 9.68. The van der Waals surface area contributed by atoms with Gasteiger partial charge >= 0.3 is 0 Å². The van der Waals surface area contributed by atoms with Crippen LogP contribution in [0.25, 0.3) is 87.7 Å². The molecule has 0 unspecified atom stereocenters. The van der Waals surface area contributed by atoms with Gasteiger partial charge in [0.15, 0.2) is 0 Å². The number of nitrogens with zero attached hydrogens (tertiary/aromatic N) is 2. The first-order valence-electron chi connectivity index (χ1n) is 28.4. The average Bonchev–Trinajstić information content (AvgIpc) is 2.53. The van der Waals surface area contributed by atoms with E-state index in [-0.39, 0.29) is 10.8 Å². The molecule has 2 aliphatic carbocycles. The summed E-state index contributed by atoms with van der Waals surface area (Å²) in [6, 6.07) is 90.1. The van der Waals surface area contributed by atoms with Gasteiger partial charge in [-0.1, -0.05) is 187 Å². The fourth-order valence-corrected chi connectivity index (χ4v) is 13.9. The Labute approximate surface area is 471 Å². The fourth-order valence-electron chi connectivity index (χ4n) is 13.9. The van der Waals surface area contributed by atoms with Crippen molar-refractivity contribution in [2.45, 2.75) is 57.8 Å². The van der Waals surface area contributed by atoms with Gasteiger partial charge in [0, 0.05) is 55.7 Å². The summed E-state index contributed by atoms with van der Waals surface area (Å²) in [6.07, 6.45) is 0. The van der Waals surface area contributed by atoms with Crippen molar-refractivity contribution in [1.82, 2.24) is 0 Å². The molecule has 14 aromatic rings. The summed E-state index contributed by atoms with van der Waals surface area (Å²) in [6.45, 7) is 14.0. The Morgan fingerprint density at radius 3 is 1.10 bits per heavy atom. The number of para-hydroxylation sites is 4. The molecule has 0 saturated carbocycles. The molecule has 0 bridgehead atoms. The predicted octanol–water partition coefficient (Wildman–Crippen LogP) is 21.7. The van der Waals surface area contributed by atoms with Gasteiger partial charge in [-0.15, -0.1) is 0 Å². The third-order valence-electron chi connectivity index (χ3n) is 17.7. The second-order valence-corrected chi connectivity index (χ2v) is 24.5. The Hall–Kier alpha value is -9.64. The number of benzene rings is 12. The smallest absolute Gasteiger partial charge is 0.135 e. The zero-order valence-electron chi connectivity index (χ0n) is 46.3. The van der Waals surface area contributed by atoms with Crippen molar-refractivity contribution in [3.63, 3.8) is 0 Å². The lowest BCUT2D eigenvalue weighted by Gasteiger charge is -2.33. The number of fused-ring (bicyclic) bond motifs is 20. The first kappa shape index (κ1) is 47.4. The van der Waals surface area contributed by atoms with Gasteiger partial charge in [-0.25, -0.2) is 0 Å². The molecule has 0 N–H and O–H groups in total. The highest BCUT2D eigenvalue weighted by molar-refractivity contribution is 6.12. The molecule has 388 valence electrons. The molecule has 1 spiro atoms. The van der Waals surface area contributed by atoms with E-state index in [1.165, 1.54) is 77.2 Å². The van der Waals surface area contributed by atoms with Crippen molar-refractivity contribution in [3.05, 3.63) is 276 Å². The summed E-state index contributed by atoms with van der Waals surface area (Å²) >= 11 is 0. The number of furan rings is 2. The molecule has 0 aliphatic heterocycles. The Balaban J connectivity index is 0.943. The van der Waals surface area contributed by atoms with E-state index in [1.807, 2.05) is 12.1 Å². The van der Waals surface area contributed by atoms with E-state index in [0.29, 0.717) is 0 Å². The van der Waals surface area contributed by atoms with Gasteiger partial charge in [-0.3, -0.25) is 0 Å². The first-order valence-corrected chi connectivity index (χ1v) is 28.4. The Morgan fingerprint density at radius 1 is 0.284 bits per heavy atom. The number of rotatable bonds is 6. The Kier molecular flexibility index (Phi) is 10.0. The molecule has 4 heteroatoms. The molecule has 81 heavy (non-hydrogen) atoms. The molecule has 2 aromatic heterocycles. The second-order valence-electron chi connectivity index (χ2n) is 24.5. The maximum absolute atomic E-state index is 6.35. The van der Waals surface area contributed by atoms with E-state index < -0.39 is 5.41 Å². The molecule has 0 amide bonds. The number of hydrogen-bond donors (Lipinski definition) is 0. The van der Waals surface area contributed by atoms with Crippen molar-refractivity contribution in [2.75, 3.05) is 9.80 Å². The molecule has 16 rings (SSSR count). The van der Waals surface area contributed by atoms with Crippen LogP contribution in [0.4, 0.5) is 34.1 Å². The predicted molar refractivity (Wildman–Crippen MR) is 339 cm³/mol. The lowest BCUT2D eigenvalue weighted by molar-refractivity contribution is 0.589. The summed E-state index contributed by atoms with van der Waals surface area (Å²) in [5.41, 5.74) is 22.5. The molecular formula is C77H58N2O2. The normalized spacial score (nSPS) is 13.4. The van der Waals surface area contributed by atoms with E-state index >= 15 is 0 Å². The molecular weight excluding hydrogens is 985 g/mol. The molecule has 0 radical (unpaired) electrons. The van der Waals surface area contributed by atoms with E-state index in [2.05, 4.69) is 282 Å². The van der Waals surface area contributed by atoms with Crippen molar-refractivity contribution in [2.24, 2.45) is 0 Å². The van der Waals surface area contributed by atoms with E-state index in [4.69, 9.17) is 8.83 Å². The van der Waals surface area contributed by atoms with Crippen molar-refractivity contribution < 1.29 is 8.83 Å². The molecule has 12 aromatic carbocycles. The molecule has 2 aliphatic rings. The quantitative estimate of drug-likeness (QED) is 0.166. The summed E-state index contributed by atoms with van der Waals surface area (Å²) < 4.78 is 12.7. The van der Waals surface area contributed by atoms with Crippen LogP contribution in [0.15, 0.2) is 251 Å². The third-order valence-corrected chi connectivity index (χ3v) is 17.7. The summed E-state index contributed by atoms with van der Waals surface area (Å²) in [7, 11) is 0. The van der Waals surface area contributed by atoms with Gasteiger partial charge in [0.1, 0.15) is 22.3 Å². The SMILES string of the molecule is CC(C)(C)c1ccc2c(c1)-c1cc(C(C)(C)C)ccc1C21c2c(ccc3cc(N(c4ccccc4)c4ccc5oc6ccccc6c5c4)ccc23)-c2ccc3cc(N(c4ccccc4)c4ccc5oc6ccccc6c5c4)ccc3c21. The monoisotopic (exact) mass is 1040 g/mol. The molecule has 2 heterocycles. The highest BCUT2D eigenvalue weighted by atomic mass is 16.3. The maximum Gasteiger partial charge on any atom is 0.135 e. The van der Waals surface area contributed by atoms with Gasteiger partial charge in [-0.2, -0.15) is 0 Å². The minimum atomic E-state index is -0.650. The first-order chi connectivity index (χ1) is 39.4. The fraction of sp³-hybridized carbons (Fsp3) is 0.117. The largest absolute Gasteiger partial charge is 0.456 e. The van der Waals surface area contributed by atoms with Gasteiger partial charge in [0.25, 0.3) is 0 Å². The zero-order chi connectivity index (χ0) is 54.5. The van der Waals surface area contributed by atoms with Gasteiger partial charge < -0.3 is 18.6 Å². The van der Waals surface area contributed by atoms with Crippen molar-refractivity contribution in [1.29, 1.82) is 0 Å². The van der Waals surface area contributed by atoms with Crippen LogP contribution in [-0.2, 0) is 16.2 Å². The Bertz CT molecular complexity index is 4600. The van der Waals surface area contributed by atoms with E-state index in [9.17, 15) is 0 Å². The van der Waals surface area contributed by atoms with Gasteiger partial charge in [-0.05, 0) is 185 Å². The van der Waals surface area contributed by atoms with Crippen LogP contribution >= 0.6 is 0 Å². The molecule has 0 saturated heterocycles. The van der Waals surface area contributed by atoms with E-state index in [1.54, 1.807) is 0 Å². The minimum Gasteiger partial charge on any atom is -0.456 e. The minimum absolute atomic E-state index is 0.0516. The highest BCUT2D eigenvalue weighted by Gasteiger charge is 2.54. The van der Waals surface area contributed by atoms with Crippen LogP contribution in [0, 0.1) is 0 Å². The molecule has 0 atom stereocenters. The zero-order valence-corrected chi connectivity index (χ0v) is 46.3. The van der Waals surface area contributed by atoms with Crippen LogP contribution in [0.3, 0.4) is 0 Å². The van der Waals surface area contributed by atoms with Gasteiger partial charge in [0.05, 0.1) is 5.41 Å². The van der Waals surface area contributed by atoms with Crippen LogP contribution in [-0.4, -0.2) is 0 Å². The van der Waals surface area contributed by atoms with E-state index in [0.717, 1.165) is 78.0 Å².